The first kappa shape index (κ1) is 25.0. The summed E-state index contributed by atoms with van der Waals surface area (Å²) in [7, 11) is -8.44. The van der Waals surface area contributed by atoms with Gasteiger partial charge in [0.25, 0.3) is 10.1 Å². The Labute approximate surface area is 157 Å². The molecule has 1 unspecified atom stereocenters. The van der Waals surface area contributed by atoms with Crippen LogP contribution in [0.5, 0.6) is 0 Å². The van der Waals surface area contributed by atoms with Crippen molar-refractivity contribution in [3.8, 4) is 0 Å². The Balaban J connectivity index is -0.00000200. The van der Waals surface area contributed by atoms with E-state index in [-0.39, 0.29) is 37.6 Å². The molecule has 22 heavy (non-hydrogen) atoms. The second-order valence-electron chi connectivity index (χ2n) is 5.09. The molecule has 0 radical (unpaired) electrons. The molecule has 0 aromatic heterocycles. The van der Waals surface area contributed by atoms with Crippen LogP contribution in [0.2, 0.25) is 0 Å². The first-order chi connectivity index (χ1) is 9.67. The van der Waals surface area contributed by atoms with Crippen molar-refractivity contribution in [2.24, 2.45) is 0 Å². The molecule has 0 aliphatic rings. The number of hydrogen-bond donors (Lipinski definition) is 2. The third-order valence-corrected chi connectivity index (χ3v) is 4.98. The summed E-state index contributed by atoms with van der Waals surface area (Å²) >= 11 is 0. The molecule has 0 aliphatic heterocycles. The van der Waals surface area contributed by atoms with Gasteiger partial charge in [0.1, 0.15) is 0 Å². The maximum Gasteiger partial charge on any atom is 1.00 e. The van der Waals surface area contributed by atoms with Crippen LogP contribution in [0.1, 0.15) is 66.1 Å². The zero-order valence-electron chi connectivity index (χ0n) is 14.4. The van der Waals surface area contributed by atoms with Crippen LogP contribution in [0.25, 0.3) is 0 Å². The molecule has 0 aromatic carbocycles. The van der Waals surface area contributed by atoms with Gasteiger partial charge in [-0.2, -0.15) is 16.8 Å². The zero-order valence-corrected chi connectivity index (χ0v) is 17.0. The van der Waals surface area contributed by atoms with Crippen LogP contribution in [-0.4, -0.2) is 37.8 Å². The van der Waals surface area contributed by atoms with E-state index in [9.17, 15) is 21.4 Å². The number of rotatable bonds is 13. The Kier molecular flexibility index (Phi) is 14.9. The van der Waals surface area contributed by atoms with E-state index < -0.39 is 25.8 Å². The monoisotopic (exact) mass is 370 g/mol. The quantitative estimate of drug-likeness (QED) is 0.260. The van der Waals surface area contributed by atoms with Gasteiger partial charge < -0.3 is 1.43 Å². The van der Waals surface area contributed by atoms with Crippen molar-refractivity contribution in [2.75, 3.05) is 6.61 Å². The molecule has 0 spiro atoms. The van der Waals surface area contributed by atoms with Crippen molar-refractivity contribution in [1.82, 2.24) is 0 Å². The predicted octanol–water partition coefficient (Wildman–Crippen LogP) is -0.290. The van der Waals surface area contributed by atoms with E-state index >= 15 is 0 Å². The smallest absolute Gasteiger partial charge is 1.00 e. The molecule has 0 amide bonds. The molecule has 2 N–H and O–H groups in total. The summed E-state index contributed by atoms with van der Waals surface area (Å²) in [5, 5.41) is -0.753. The van der Waals surface area contributed by atoms with E-state index in [1.165, 1.54) is 0 Å². The van der Waals surface area contributed by atoms with Gasteiger partial charge in [0.05, 0.1) is 11.9 Å². The molecule has 0 aliphatic carbocycles. The fraction of sp³-hybridized carbons (Fsp3) is 1.00. The Bertz CT molecular complexity index is 468. The second-order valence-corrected chi connectivity index (χ2v) is 7.87. The maximum absolute atomic E-state index is 11.3. The second kappa shape index (κ2) is 13.1. The summed E-state index contributed by atoms with van der Waals surface area (Å²) in [4.78, 5) is 0. The average Bonchev–Trinajstić information content (AvgIpc) is 2.33. The van der Waals surface area contributed by atoms with Gasteiger partial charge in [-0.3, -0.25) is 9.11 Å². The molecule has 0 saturated carbocycles. The van der Waals surface area contributed by atoms with Gasteiger partial charge in [0.15, 0.2) is 0 Å². The minimum atomic E-state index is -4.40. The summed E-state index contributed by atoms with van der Waals surface area (Å²) < 4.78 is 64.8. The van der Waals surface area contributed by atoms with Crippen LogP contribution in [0.3, 0.4) is 0 Å². The van der Waals surface area contributed by atoms with Crippen LogP contribution < -0.4 is 29.6 Å². The molecule has 0 saturated heterocycles. The molecule has 0 aromatic rings. The molecule has 0 bridgehead atoms. The van der Waals surface area contributed by atoms with Crippen LogP contribution in [0.15, 0.2) is 0 Å². The minimum Gasteiger partial charge on any atom is -1.00 e. The third kappa shape index (κ3) is 15.7. The molecular weight excluding hydrogens is 343 g/mol. The van der Waals surface area contributed by atoms with Gasteiger partial charge >= 0.3 is 40.0 Å². The van der Waals surface area contributed by atoms with Gasteiger partial charge in [0.2, 0.25) is 0 Å². The summed E-state index contributed by atoms with van der Waals surface area (Å²) in [6, 6.07) is 0. The Morgan fingerprint density at radius 1 is 0.909 bits per heavy atom. The predicted molar refractivity (Wildman–Crippen MR) is 81.2 cm³/mol. The molecule has 7 nitrogen and oxygen atoms in total. The molecular formula is C12H27NaO7S2. The Hall–Kier alpha value is 0.780. The van der Waals surface area contributed by atoms with Crippen molar-refractivity contribution in [3.63, 3.8) is 0 Å². The topological polar surface area (TPSA) is 118 Å². The first-order valence-corrected chi connectivity index (χ1v) is 10.1. The standard InChI is InChI=1S/C12H26O7S2.Na.H/c1-2-3-4-6-9-12(20(13,14)15)10-7-5-8-11-19-21(16,17)18;;/h12H,2-11H2,1H3,(H,13,14,15)(H,16,17,18);;/q;+1;-1. The Morgan fingerprint density at radius 2 is 1.41 bits per heavy atom. The van der Waals surface area contributed by atoms with Crippen molar-refractivity contribution in [3.05, 3.63) is 0 Å². The van der Waals surface area contributed by atoms with Gasteiger partial charge in [-0.15, -0.1) is 0 Å². The summed E-state index contributed by atoms with van der Waals surface area (Å²) in [5.74, 6) is 0. The fourth-order valence-electron chi connectivity index (χ4n) is 2.06. The van der Waals surface area contributed by atoms with Crippen molar-refractivity contribution >= 4 is 20.5 Å². The van der Waals surface area contributed by atoms with E-state index in [1.807, 2.05) is 0 Å². The van der Waals surface area contributed by atoms with E-state index in [1.54, 1.807) is 0 Å². The molecule has 0 fully saturated rings. The summed E-state index contributed by atoms with van der Waals surface area (Å²) in [6.07, 6.45) is 6.12. The van der Waals surface area contributed by atoms with Crippen molar-refractivity contribution in [1.29, 1.82) is 0 Å². The number of unbranched alkanes of at least 4 members (excludes halogenated alkanes) is 5. The summed E-state index contributed by atoms with van der Waals surface area (Å²) in [6.45, 7) is 1.93. The van der Waals surface area contributed by atoms with Gasteiger partial charge in [-0.25, -0.2) is 4.18 Å². The largest absolute Gasteiger partial charge is 1.00 e. The van der Waals surface area contributed by atoms with Crippen LogP contribution in [0, 0.1) is 0 Å². The van der Waals surface area contributed by atoms with Crippen LogP contribution >= 0.6 is 0 Å². The van der Waals surface area contributed by atoms with E-state index in [4.69, 9.17) is 4.55 Å². The number of hydrogen-bond acceptors (Lipinski definition) is 5. The van der Waals surface area contributed by atoms with E-state index in [2.05, 4.69) is 11.1 Å². The molecule has 130 valence electrons. The normalized spacial score (nSPS) is 13.6. The third-order valence-electron chi connectivity index (χ3n) is 3.20. The van der Waals surface area contributed by atoms with Crippen LogP contribution in [-0.2, 0) is 24.7 Å². The van der Waals surface area contributed by atoms with Gasteiger partial charge in [-0.1, -0.05) is 45.4 Å². The van der Waals surface area contributed by atoms with Crippen molar-refractivity contribution < 1.29 is 61.1 Å². The van der Waals surface area contributed by atoms with Gasteiger partial charge in [-0.05, 0) is 19.3 Å². The molecule has 10 heteroatoms. The SMILES string of the molecule is CCCCCCC(CCCCCOS(=O)(=O)O)S(=O)(=O)O.[H-].[Na+]. The van der Waals surface area contributed by atoms with Gasteiger partial charge in [0, 0.05) is 0 Å². The van der Waals surface area contributed by atoms with Crippen molar-refractivity contribution in [2.45, 2.75) is 70.0 Å². The fourth-order valence-corrected chi connectivity index (χ4v) is 3.31. The molecule has 0 rings (SSSR count). The first-order valence-electron chi connectivity index (χ1n) is 7.25. The van der Waals surface area contributed by atoms with Crippen LogP contribution in [0.4, 0.5) is 0 Å². The molecule has 0 heterocycles. The summed E-state index contributed by atoms with van der Waals surface area (Å²) in [5.41, 5.74) is 0. The minimum absolute atomic E-state index is 0. The van der Waals surface area contributed by atoms with E-state index in [0.29, 0.717) is 32.1 Å². The average molecular weight is 370 g/mol. The maximum atomic E-state index is 11.3. The van der Waals surface area contributed by atoms with E-state index in [0.717, 1.165) is 25.7 Å². The Morgan fingerprint density at radius 3 is 1.82 bits per heavy atom. The molecule has 1 atom stereocenters. The zero-order chi connectivity index (χ0) is 16.4.